The van der Waals surface area contributed by atoms with Gasteiger partial charge >= 0.3 is 29.2 Å². The van der Waals surface area contributed by atoms with Crippen LogP contribution in [0.3, 0.4) is 0 Å². The van der Waals surface area contributed by atoms with Crippen LogP contribution in [0.2, 0.25) is 0 Å². The first-order valence-electron chi connectivity index (χ1n) is 7.53. The number of phosphoric ester groups is 1. The molecule has 1 aliphatic heterocycles. The van der Waals surface area contributed by atoms with Crippen molar-refractivity contribution in [3.05, 3.63) is 33.1 Å². The molecular weight excluding hydrogens is 477 g/mol. The van der Waals surface area contributed by atoms with Gasteiger partial charge in [-0.15, -0.1) is 6.42 Å². The number of hydrogen-bond donors (Lipinski definition) is 6. The molecule has 19 heteroatoms. The Morgan fingerprint density at radius 2 is 1.87 bits per heavy atom. The number of nitrogens with one attached hydrogen (secondary N) is 1. The van der Waals surface area contributed by atoms with Gasteiger partial charge in [0.25, 0.3) is 5.56 Å². The van der Waals surface area contributed by atoms with E-state index in [-0.39, 0.29) is 0 Å². The summed E-state index contributed by atoms with van der Waals surface area (Å²) in [5.74, 6) is 2.12. The van der Waals surface area contributed by atoms with Crippen LogP contribution in [0.25, 0.3) is 0 Å². The third-order valence-electron chi connectivity index (χ3n) is 3.52. The normalized spacial score (nSPS) is 28.4. The maximum atomic E-state index is 12.0. The highest BCUT2D eigenvalue weighted by molar-refractivity contribution is 7.66. The topological polar surface area (TPSA) is 244 Å². The molecule has 0 radical (unpaired) electrons. The fourth-order valence-corrected chi connectivity index (χ4v) is 5.46. The molecule has 5 atom stereocenters. The summed E-state index contributed by atoms with van der Waals surface area (Å²) in [7, 11) is -16.7. The van der Waals surface area contributed by atoms with Crippen molar-refractivity contribution in [3.8, 4) is 12.3 Å². The highest BCUT2D eigenvalue weighted by Gasteiger charge is 2.48. The van der Waals surface area contributed by atoms with Gasteiger partial charge in [0, 0.05) is 18.7 Å². The summed E-state index contributed by atoms with van der Waals surface area (Å²) >= 11 is 0. The predicted molar refractivity (Wildman–Crippen MR) is 93.4 cm³/mol. The number of ether oxygens (including phenoxy) is 1. The van der Waals surface area contributed by atoms with Crippen LogP contribution < -0.4 is 11.2 Å². The summed E-state index contributed by atoms with van der Waals surface area (Å²) in [6, 6.07) is 0.954. The molecule has 1 aromatic rings. The van der Waals surface area contributed by atoms with Crippen molar-refractivity contribution in [1.82, 2.24) is 9.55 Å². The number of hydrogen-bond acceptors (Lipinski definition) is 10. The quantitative estimate of drug-likeness (QED) is 0.175. The molecule has 2 unspecified atom stereocenters. The zero-order valence-electron chi connectivity index (χ0n) is 14.5. The number of aliphatic hydroxyl groups is 1. The zero-order valence-corrected chi connectivity index (χ0v) is 17.2. The standard InChI is InChI=1S/C11H15N2O14P3/c1-2-11(13-4-3-9(15)12-10(13)16)5-7(14)8(25-11)6-24-29(20,21)27-30(22,23)26-28(17,18)19/h1,3-4,7-8,14H,5-6H2,(H,20,21)(H,22,23)(H,12,15,16)(H2,17,18,19)/t7-,8+,11+/m0/s1. The Balaban J connectivity index is 2.13. The number of nitrogens with zero attached hydrogens (tertiary/aromatic N) is 1. The molecule has 0 spiro atoms. The average molecular weight is 492 g/mol. The van der Waals surface area contributed by atoms with E-state index in [1.54, 1.807) is 0 Å². The van der Waals surface area contributed by atoms with Gasteiger partial charge in [-0.2, -0.15) is 8.62 Å². The van der Waals surface area contributed by atoms with E-state index in [0.717, 1.165) is 16.8 Å². The molecule has 168 valence electrons. The van der Waals surface area contributed by atoms with Crippen molar-refractivity contribution < 1.29 is 56.3 Å². The van der Waals surface area contributed by atoms with Gasteiger partial charge < -0.3 is 29.4 Å². The van der Waals surface area contributed by atoms with Crippen molar-refractivity contribution in [1.29, 1.82) is 0 Å². The number of aromatic amines is 1. The van der Waals surface area contributed by atoms with E-state index in [1.807, 2.05) is 4.98 Å². The smallest absolute Gasteiger partial charge is 0.390 e. The highest BCUT2D eigenvalue weighted by atomic mass is 31.3. The van der Waals surface area contributed by atoms with Crippen molar-refractivity contribution >= 4 is 23.5 Å². The Morgan fingerprint density at radius 1 is 1.23 bits per heavy atom. The second-order valence-corrected chi connectivity index (χ2v) is 10.1. The molecule has 1 aliphatic rings. The van der Waals surface area contributed by atoms with E-state index < -0.39 is 65.7 Å². The summed E-state index contributed by atoms with van der Waals surface area (Å²) in [4.78, 5) is 60.5. The molecule has 2 heterocycles. The first kappa shape index (κ1) is 24.8. The molecule has 6 N–H and O–H groups in total. The van der Waals surface area contributed by atoms with Crippen LogP contribution in [0, 0.1) is 12.3 Å². The largest absolute Gasteiger partial charge is 0.490 e. The second kappa shape index (κ2) is 8.60. The zero-order chi connectivity index (χ0) is 23.0. The average Bonchev–Trinajstić information content (AvgIpc) is 2.86. The van der Waals surface area contributed by atoms with Gasteiger partial charge in [-0.25, -0.2) is 18.5 Å². The molecule has 2 rings (SSSR count). The maximum Gasteiger partial charge on any atom is 0.490 e. The van der Waals surface area contributed by atoms with E-state index in [4.69, 9.17) is 25.8 Å². The van der Waals surface area contributed by atoms with Gasteiger partial charge in [0.05, 0.1) is 12.7 Å². The van der Waals surface area contributed by atoms with E-state index in [0.29, 0.717) is 0 Å². The Kier molecular flexibility index (Phi) is 7.12. The van der Waals surface area contributed by atoms with Crippen molar-refractivity contribution in [2.24, 2.45) is 0 Å². The lowest BCUT2D eigenvalue weighted by Gasteiger charge is -2.25. The lowest BCUT2D eigenvalue weighted by Crippen LogP contribution is -2.43. The van der Waals surface area contributed by atoms with Crippen LogP contribution in [0.5, 0.6) is 0 Å². The number of terminal acetylenes is 1. The van der Waals surface area contributed by atoms with E-state index in [9.17, 15) is 33.3 Å². The van der Waals surface area contributed by atoms with E-state index >= 15 is 0 Å². The van der Waals surface area contributed by atoms with Crippen LogP contribution in [0.1, 0.15) is 6.42 Å². The van der Waals surface area contributed by atoms with Crippen LogP contribution in [0.15, 0.2) is 21.9 Å². The summed E-state index contributed by atoms with van der Waals surface area (Å²) < 4.78 is 51.2. The van der Waals surface area contributed by atoms with Gasteiger partial charge in [-0.1, -0.05) is 0 Å². The minimum Gasteiger partial charge on any atom is -0.390 e. The number of H-pyrrole nitrogens is 1. The Hall–Kier alpha value is -1.43. The van der Waals surface area contributed by atoms with Crippen LogP contribution in [-0.2, 0) is 37.3 Å². The third kappa shape index (κ3) is 6.29. The van der Waals surface area contributed by atoms with E-state index in [1.165, 1.54) is 0 Å². The number of rotatable bonds is 8. The number of phosphoric acid groups is 3. The molecule has 0 aliphatic carbocycles. The van der Waals surface area contributed by atoms with Crippen molar-refractivity contribution in [2.45, 2.75) is 24.4 Å². The van der Waals surface area contributed by atoms with Gasteiger partial charge in [0.15, 0.2) is 0 Å². The van der Waals surface area contributed by atoms with Gasteiger partial charge in [-0.3, -0.25) is 18.9 Å². The number of aromatic nitrogens is 2. The fourth-order valence-electron chi connectivity index (χ4n) is 2.43. The van der Waals surface area contributed by atoms with Crippen LogP contribution in [0.4, 0.5) is 0 Å². The third-order valence-corrected chi connectivity index (χ3v) is 7.32. The minimum atomic E-state index is -5.72. The Bertz CT molecular complexity index is 1100. The lowest BCUT2D eigenvalue weighted by atomic mass is 10.1. The minimum absolute atomic E-state index is 0.417. The molecule has 0 amide bonds. The molecule has 1 saturated heterocycles. The fraction of sp³-hybridized carbons (Fsp3) is 0.455. The predicted octanol–water partition coefficient (Wildman–Crippen LogP) is -1.68. The molecule has 0 bridgehead atoms. The van der Waals surface area contributed by atoms with Gasteiger partial charge in [-0.05, 0) is 5.92 Å². The first-order chi connectivity index (χ1) is 13.6. The van der Waals surface area contributed by atoms with Gasteiger partial charge in [0.1, 0.15) is 6.10 Å². The van der Waals surface area contributed by atoms with Crippen molar-refractivity contribution in [2.75, 3.05) is 6.61 Å². The first-order valence-corrected chi connectivity index (χ1v) is 12.0. The molecule has 30 heavy (non-hydrogen) atoms. The summed E-state index contributed by atoms with van der Waals surface area (Å²) in [6.45, 7) is -0.980. The Morgan fingerprint density at radius 3 is 2.40 bits per heavy atom. The second-order valence-electron chi connectivity index (χ2n) is 5.72. The summed E-state index contributed by atoms with van der Waals surface area (Å²) in [6.07, 6.45) is 3.02. The van der Waals surface area contributed by atoms with Crippen molar-refractivity contribution in [3.63, 3.8) is 0 Å². The Labute approximate surface area is 166 Å². The molecular formula is C11H15N2O14P3. The van der Waals surface area contributed by atoms with Crippen LogP contribution >= 0.6 is 23.5 Å². The molecule has 0 saturated carbocycles. The monoisotopic (exact) mass is 492 g/mol. The summed E-state index contributed by atoms with van der Waals surface area (Å²) in [5.41, 5.74) is -3.61. The highest BCUT2D eigenvalue weighted by Crippen LogP contribution is 2.66. The maximum absolute atomic E-state index is 12.0. The number of aliphatic hydroxyl groups excluding tert-OH is 1. The molecule has 1 aromatic heterocycles. The molecule has 16 nitrogen and oxygen atoms in total. The van der Waals surface area contributed by atoms with Crippen LogP contribution in [-0.4, -0.2) is 53.0 Å². The lowest BCUT2D eigenvalue weighted by molar-refractivity contribution is -0.0824. The summed E-state index contributed by atoms with van der Waals surface area (Å²) in [5, 5.41) is 10.1. The molecule has 1 fully saturated rings. The van der Waals surface area contributed by atoms with E-state index in [2.05, 4.69) is 19.1 Å². The van der Waals surface area contributed by atoms with Gasteiger partial charge in [0.2, 0.25) is 5.72 Å². The SMILES string of the molecule is C#C[C@]1(n2ccc(=O)[nH]c2=O)C[C@H](O)[C@@H](COP(=O)(O)OP(=O)(O)OP(=O)(O)O)O1. The molecule has 0 aromatic carbocycles.